The second-order valence-corrected chi connectivity index (χ2v) is 4.72. The monoisotopic (exact) mass is 266 g/mol. The first-order valence-electron chi connectivity index (χ1n) is 6.28. The van der Waals surface area contributed by atoms with Crippen molar-refractivity contribution in [2.24, 2.45) is 5.92 Å². The molecule has 0 radical (unpaired) electrons. The average Bonchev–Trinajstić information content (AvgIpc) is 2.45. The molecule has 0 bridgehead atoms. The topological polar surface area (TPSA) is 36.3 Å². The molecule has 1 aromatic carbocycles. The molecular formula is C14H16F2N2O. The van der Waals surface area contributed by atoms with Crippen LogP contribution in [0.1, 0.15) is 18.4 Å². The van der Waals surface area contributed by atoms with Gasteiger partial charge in [0.15, 0.2) is 11.6 Å². The third kappa shape index (κ3) is 3.02. The molecule has 1 fully saturated rings. The van der Waals surface area contributed by atoms with Gasteiger partial charge in [-0.1, -0.05) is 0 Å². The number of hydrogen-bond donors (Lipinski definition) is 0. The highest BCUT2D eigenvalue weighted by molar-refractivity contribution is 5.35. The maximum absolute atomic E-state index is 13.8. The summed E-state index contributed by atoms with van der Waals surface area (Å²) in [5.41, 5.74) is 0.248. The summed E-state index contributed by atoms with van der Waals surface area (Å²) in [4.78, 5) is 2.02. The van der Waals surface area contributed by atoms with Crippen LogP contribution in [0.3, 0.4) is 0 Å². The summed E-state index contributed by atoms with van der Waals surface area (Å²) in [6.45, 7) is 1.75. The minimum Gasteiger partial charge on any atom is -0.496 e. The minimum absolute atomic E-state index is 0.0792. The lowest BCUT2D eigenvalue weighted by Crippen LogP contribution is -2.33. The number of nitrogens with zero attached hydrogens (tertiary/aromatic N) is 2. The van der Waals surface area contributed by atoms with Crippen LogP contribution in [0, 0.1) is 28.9 Å². The van der Waals surface area contributed by atoms with Crippen molar-refractivity contribution in [2.45, 2.75) is 19.4 Å². The van der Waals surface area contributed by atoms with E-state index in [-0.39, 0.29) is 11.5 Å². The van der Waals surface area contributed by atoms with Crippen molar-refractivity contribution in [1.82, 2.24) is 4.90 Å². The van der Waals surface area contributed by atoms with Crippen LogP contribution in [-0.4, -0.2) is 25.1 Å². The van der Waals surface area contributed by atoms with E-state index in [9.17, 15) is 8.78 Å². The summed E-state index contributed by atoms with van der Waals surface area (Å²) in [6.07, 6.45) is 1.55. The number of halogens is 2. The summed E-state index contributed by atoms with van der Waals surface area (Å²) < 4.78 is 32.2. The SMILES string of the molecule is COc1ccc(F)c(F)c1CN1CCC(C#N)CC1. The average molecular weight is 266 g/mol. The summed E-state index contributed by atoms with van der Waals surface area (Å²) >= 11 is 0. The lowest BCUT2D eigenvalue weighted by Gasteiger charge is -2.29. The Bertz CT molecular complexity index is 491. The second-order valence-electron chi connectivity index (χ2n) is 4.72. The minimum atomic E-state index is -0.859. The summed E-state index contributed by atoms with van der Waals surface area (Å²) in [5, 5.41) is 8.83. The Hall–Kier alpha value is -1.67. The third-order valence-electron chi connectivity index (χ3n) is 3.52. The molecule has 0 saturated carbocycles. The predicted molar refractivity (Wildman–Crippen MR) is 66.5 cm³/mol. The zero-order chi connectivity index (χ0) is 13.8. The van der Waals surface area contributed by atoms with Gasteiger partial charge in [-0.2, -0.15) is 5.26 Å². The van der Waals surface area contributed by atoms with Gasteiger partial charge in [0.05, 0.1) is 13.2 Å². The van der Waals surface area contributed by atoms with Crippen LogP contribution in [0.4, 0.5) is 8.78 Å². The number of rotatable bonds is 3. The van der Waals surface area contributed by atoms with Crippen LogP contribution in [-0.2, 0) is 6.54 Å². The van der Waals surface area contributed by atoms with E-state index in [1.807, 2.05) is 4.90 Å². The van der Waals surface area contributed by atoms with Gasteiger partial charge in [-0.3, -0.25) is 4.90 Å². The maximum atomic E-state index is 13.8. The third-order valence-corrected chi connectivity index (χ3v) is 3.52. The van der Waals surface area contributed by atoms with Crippen LogP contribution >= 0.6 is 0 Å². The zero-order valence-corrected chi connectivity index (χ0v) is 10.8. The van der Waals surface area contributed by atoms with Gasteiger partial charge in [0, 0.05) is 18.0 Å². The van der Waals surface area contributed by atoms with E-state index in [2.05, 4.69) is 6.07 Å². The molecule has 102 valence electrons. The van der Waals surface area contributed by atoms with E-state index in [0.29, 0.717) is 12.3 Å². The van der Waals surface area contributed by atoms with Crippen molar-refractivity contribution >= 4 is 0 Å². The van der Waals surface area contributed by atoms with Gasteiger partial charge < -0.3 is 4.74 Å². The van der Waals surface area contributed by atoms with E-state index in [4.69, 9.17) is 10.00 Å². The molecule has 1 aliphatic heterocycles. The van der Waals surface area contributed by atoms with E-state index >= 15 is 0 Å². The highest BCUT2D eigenvalue weighted by atomic mass is 19.2. The van der Waals surface area contributed by atoms with E-state index in [0.717, 1.165) is 32.0 Å². The highest BCUT2D eigenvalue weighted by Crippen LogP contribution is 2.27. The molecule has 2 rings (SSSR count). The molecule has 1 aliphatic rings. The number of piperidine rings is 1. The molecule has 1 heterocycles. The molecule has 5 heteroatoms. The Kier molecular flexibility index (Phi) is 4.33. The number of hydrogen-bond acceptors (Lipinski definition) is 3. The normalized spacial score (nSPS) is 17.2. The number of nitriles is 1. The first-order chi connectivity index (χ1) is 9.15. The first-order valence-corrected chi connectivity index (χ1v) is 6.28. The fourth-order valence-corrected chi connectivity index (χ4v) is 2.36. The quantitative estimate of drug-likeness (QED) is 0.844. The Balaban J connectivity index is 2.11. The van der Waals surface area contributed by atoms with Crippen molar-refractivity contribution in [3.05, 3.63) is 29.3 Å². The maximum Gasteiger partial charge on any atom is 0.167 e. The molecule has 0 atom stereocenters. The van der Waals surface area contributed by atoms with E-state index in [1.165, 1.54) is 13.2 Å². The van der Waals surface area contributed by atoms with Gasteiger partial charge >= 0.3 is 0 Å². The molecule has 1 aromatic rings. The Labute approximate surface area is 111 Å². The predicted octanol–water partition coefficient (Wildman–Crippen LogP) is 2.71. The van der Waals surface area contributed by atoms with Crippen LogP contribution in [0.5, 0.6) is 5.75 Å². The van der Waals surface area contributed by atoms with Gasteiger partial charge in [-0.05, 0) is 38.1 Å². The Morgan fingerprint density at radius 3 is 2.63 bits per heavy atom. The smallest absolute Gasteiger partial charge is 0.167 e. The number of ether oxygens (including phenoxy) is 1. The van der Waals surface area contributed by atoms with Gasteiger partial charge in [0.2, 0.25) is 0 Å². The summed E-state index contributed by atoms with van der Waals surface area (Å²) in [6, 6.07) is 4.76. The van der Waals surface area contributed by atoms with Gasteiger partial charge in [0.1, 0.15) is 5.75 Å². The Morgan fingerprint density at radius 1 is 1.37 bits per heavy atom. The fourth-order valence-electron chi connectivity index (χ4n) is 2.36. The molecule has 0 aliphatic carbocycles. The fraction of sp³-hybridized carbons (Fsp3) is 0.500. The largest absolute Gasteiger partial charge is 0.496 e. The molecule has 3 nitrogen and oxygen atoms in total. The summed E-state index contributed by atoms with van der Waals surface area (Å²) in [7, 11) is 1.44. The molecule has 0 spiro atoms. The van der Waals surface area contributed by atoms with Gasteiger partial charge in [-0.15, -0.1) is 0 Å². The molecular weight excluding hydrogens is 250 g/mol. The Morgan fingerprint density at radius 2 is 2.05 bits per heavy atom. The number of methoxy groups -OCH3 is 1. The van der Waals surface area contributed by atoms with Crippen LogP contribution in [0.2, 0.25) is 0 Å². The van der Waals surface area contributed by atoms with Crippen LogP contribution < -0.4 is 4.74 Å². The van der Waals surface area contributed by atoms with E-state index < -0.39 is 11.6 Å². The van der Waals surface area contributed by atoms with Crippen LogP contribution in [0.25, 0.3) is 0 Å². The molecule has 0 N–H and O–H groups in total. The van der Waals surface area contributed by atoms with Crippen molar-refractivity contribution in [3.8, 4) is 11.8 Å². The van der Waals surface area contributed by atoms with Crippen molar-refractivity contribution in [1.29, 1.82) is 5.26 Å². The lowest BCUT2D eigenvalue weighted by atomic mass is 9.98. The summed E-state index contributed by atoms with van der Waals surface area (Å²) in [5.74, 6) is -1.26. The first kappa shape index (κ1) is 13.8. The highest BCUT2D eigenvalue weighted by Gasteiger charge is 2.22. The van der Waals surface area contributed by atoms with Crippen molar-refractivity contribution in [2.75, 3.05) is 20.2 Å². The van der Waals surface area contributed by atoms with Crippen molar-refractivity contribution in [3.63, 3.8) is 0 Å². The number of benzene rings is 1. The van der Waals surface area contributed by atoms with Gasteiger partial charge in [-0.25, -0.2) is 8.78 Å². The molecule has 0 amide bonds. The van der Waals surface area contributed by atoms with Crippen molar-refractivity contribution < 1.29 is 13.5 Å². The number of likely N-dealkylation sites (tertiary alicyclic amines) is 1. The molecule has 1 saturated heterocycles. The second kappa shape index (κ2) is 5.98. The standard InChI is InChI=1S/C14H16F2N2O/c1-19-13-3-2-12(15)14(16)11(13)9-18-6-4-10(8-17)5-7-18/h2-3,10H,4-7,9H2,1H3. The molecule has 0 unspecified atom stereocenters. The van der Waals surface area contributed by atoms with Crippen LogP contribution in [0.15, 0.2) is 12.1 Å². The molecule has 0 aromatic heterocycles. The van der Waals surface area contributed by atoms with Gasteiger partial charge in [0.25, 0.3) is 0 Å². The zero-order valence-electron chi connectivity index (χ0n) is 10.8. The van der Waals surface area contributed by atoms with E-state index in [1.54, 1.807) is 0 Å². The lowest BCUT2D eigenvalue weighted by molar-refractivity contribution is 0.193. The molecule has 19 heavy (non-hydrogen) atoms.